The highest BCUT2D eigenvalue weighted by atomic mass is 35.5. The summed E-state index contributed by atoms with van der Waals surface area (Å²) in [5.41, 5.74) is 0.701. The molecule has 0 amide bonds. The van der Waals surface area contributed by atoms with Crippen molar-refractivity contribution in [3.63, 3.8) is 0 Å². The molecule has 1 aromatic heterocycles. The van der Waals surface area contributed by atoms with Gasteiger partial charge in [0.05, 0.1) is 6.10 Å². The highest BCUT2D eigenvalue weighted by Gasteiger charge is 2.06. The van der Waals surface area contributed by atoms with Crippen LogP contribution in [0.15, 0.2) is 30.3 Å². The molecule has 1 N–H and O–H groups in total. The maximum absolute atomic E-state index is 12.8. The number of rotatable bonds is 4. The van der Waals surface area contributed by atoms with E-state index >= 15 is 0 Å². The number of nitrogens with zero attached hydrogens (tertiary/aromatic N) is 2. The minimum Gasteiger partial charge on any atom is -0.461 e. The molecule has 0 saturated heterocycles. The summed E-state index contributed by atoms with van der Waals surface area (Å²) in [7, 11) is 0. The van der Waals surface area contributed by atoms with E-state index in [9.17, 15) is 4.39 Å². The second-order valence-corrected chi connectivity index (χ2v) is 4.54. The van der Waals surface area contributed by atoms with Gasteiger partial charge in [-0.2, -0.15) is 9.97 Å². The van der Waals surface area contributed by atoms with E-state index in [-0.39, 0.29) is 23.1 Å². The van der Waals surface area contributed by atoms with E-state index in [0.717, 1.165) is 0 Å². The molecule has 0 unspecified atom stereocenters. The summed E-state index contributed by atoms with van der Waals surface area (Å²) in [6.07, 6.45) is -0.0443. The molecule has 2 aromatic rings. The largest absolute Gasteiger partial charge is 0.461 e. The van der Waals surface area contributed by atoms with Gasteiger partial charge in [-0.15, -0.1) is 0 Å². The van der Waals surface area contributed by atoms with Gasteiger partial charge in [0.1, 0.15) is 16.8 Å². The number of anilines is 2. The number of hydrogen-bond acceptors (Lipinski definition) is 4. The average Bonchev–Trinajstić information content (AvgIpc) is 2.30. The van der Waals surface area contributed by atoms with Crippen molar-refractivity contribution in [2.75, 3.05) is 5.32 Å². The SMILES string of the molecule is CC(C)Oc1nc(Cl)cc(Nc2ccc(F)cc2)n1. The van der Waals surface area contributed by atoms with Crippen LogP contribution in [0.25, 0.3) is 0 Å². The number of aromatic nitrogens is 2. The molecule has 0 atom stereocenters. The zero-order valence-corrected chi connectivity index (χ0v) is 11.3. The number of hydrogen-bond donors (Lipinski definition) is 1. The first-order valence-electron chi connectivity index (χ1n) is 5.77. The van der Waals surface area contributed by atoms with Crippen LogP contribution < -0.4 is 10.1 Å². The topological polar surface area (TPSA) is 47.0 Å². The molecule has 6 heteroatoms. The molecule has 0 radical (unpaired) electrons. The summed E-state index contributed by atoms with van der Waals surface area (Å²) >= 11 is 5.89. The third-order valence-electron chi connectivity index (χ3n) is 2.13. The summed E-state index contributed by atoms with van der Waals surface area (Å²) < 4.78 is 18.2. The van der Waals surface area contributed by atoms with E-state index in [1.165, 1.54) is 12.1 Å². The van der Waals surface area contributed by atoms with Gasteiger partial charge in [0.15, 0.2) is 0 Å². The molecular formula is C13H13ClFN3O. The van der Waals surface area contributed by atoms with Crippen molar-refractivity contribution in [3.8, 4) is 6.01 Å². The van der Waals surface area contributed by atoms with E-state index in [4.69, 9.17) is 16.3 Å². The second-order valence-electron chi connectivity index (χ2n) is 4.16. The fraction of sp³-hybridized carbons (Fsp3) is 0.231. The van der Waals surface area contributed by atoms with Gasteiger partial charge in [-0.3, -0.25) is 0 Å². The van der Waals surface area contributed by atoms with Crippen molar-refractivity contribution in [2.24, 2.45) is 0 Å². The van der Waals surface area contributed by atoms with Gasteiger partial charge in [-0.1, -0.05) is 11.6 Å². The molecule has 1 aromatic carbocycles. The van der Waals surface area contributed by atoms with Crippen LogP contribution >= 0.6 is 11.6 Å². The van der Waals surface area contributed by atoms with Gasteiger partial charge < -0.3 is 10.1 Å². The lowest BCUT2D eigenvalue weighted by molar-refractivity contribution is 0.222. The third kappa shape index (κ3) is 4.06. The van der Waals surface area contributed by atoms with Crippen molar-refractivity contribution in [2.45, 2.75) is 20.0 Å². The summed E-state index contributed by atoms with van der Waals surface area (Å²) in [6.45, 7) is 3.74. The Kier molecular flexibility index (Phi) is 4.16. The Morgan fingerprint density at radius 3 is 2.53 bits per heavy atom. The molecule has 19 heavy (non-hydrogen) atoms. The first-order chi connectivity index (χ1) is 9.02. The van der Waals surface area contributed by atoms with Crippen LogP contribution in [0.3, 0.4) is 0 Å². The summed E-state index contributed by atoms with van der Waals surface area (Å²) in [5.74, 6) is 0.192. The Bertz CT molecular complexity index is 560. The van der Waals surface area contributed by atoms with Crippen molar-refractivity contribution in [1.82, 2.24) is 9.97 Å². The first kappa shape index (κ1) is 13.5. The van der Waals surface area contributed by atoms with Crippen LogP contribution in [0.4, 0.5) is 15.9 Å². The van der Waals surface area contributed by atoms with Crippen LogP contribution in [0.2, 0.25) is 5.15 Å². The molecule has 2 rings (SSSR count). The molecule has 1 heterocycles. The molecule has 0 aliphatic rings. The van der Waals surface area contributed by atoms with Crippen molar-refractivity contribution in [3.05, 3.63) is 41.3 Å². The fourth-order valence-electron chi connectivity index (χ4n) is 1.41. The molecule has 0 bridgehead atoms. The predicted octanol–water partition coefficient (Wildman–Crippen LogP) is 3.80. The fourth-order valence-corrected chi connectivity index (χ4v) is 1.58. The minimum atomic E-state index is -0.296. The number of benzene rings is 1. The highest BCUT2D eigenvalue weighted by molar-refractivity contribution is 6.29. The number of nitrogens with one attached hydrogen (secondary N) is 1. The van der Waals surface area contributed by atoms with Gasteiger partial charge in [-0.25, -0.2) is 4.39 Å². The molecule has 0 saturated carbocycles. The van der Waals surface area contributed by atoms with Gasteiger partial charge in [0.2, 0.25) is 0 Å². The zero-order chi connectivity index (χ0) is 13.8. The smallest absolute Gasteiger partial charge is 0.320 e. The summed E-state index contributed by atoms with van der Waals surface area (Å²) in [4.78, 5) is 8.13. The lowest BCUT2D eigenvalue weighted by atomic mass is 10.3. The Morgan fingerprint density at radius 2 is 1.89 bits per heavy atom. The average molecular weight is 282 g/mol. The van der Waals surface area contributed by atoms with Crippen molar-refractivity contribution in [1.29, 1.82) is 0 Å². The van der Waals surface area contributed by atoms with E-state index in [1.54, 1.807) is 18.2 Å². The first-order valence-corrected chi connectivity index (χ1v) is 6.14. The molecule has 100 valence electrons. The van der Waals surface area contributed by atoms with Crippen molar-refractivity contribution < 1.29 is 9.13 Å². The standard InChI is InChI=1S/C13H13ClFN3O/c1-8(2)19-13-17-11(14)7-12(18-13)16-10-5-3-9(15)4-6-10/h3-8H,1-2H3,(H,16,17,18). The van der Waals surface area contributed by atoms with E-state index in [1.807, 2.05) is 13.8 Å². The van der Waals surface area contributed by atoms with Gasteiger partial charge in [-0.05, 0) is 38.1 Å². The third-order valence-corrected chi connectivity index (χ3v) is 2.33. The van der Waals surface area contributed by atoms with Crippen LogP contribution in [-0.2, 0) is 0 Å². The molecule has 0 aliphatic heterocycles. The maximum atomic E-state index is 12.8. The van der Waals surface area contributed by atoms with E-state index in [2.05, 4.69) is 15.3 Å². The van der Waals surface area contributed by atoms with Crippen molar-refractivity contribution >= 4 is 23.1 Å². The maximum Gasteiger partial charge on any atom is 0.320 e. The zero-order valence-electron chi connectivity index (χ0n) is 10.5. The normalized spacial score (nSPS) is 10.6. The molecule has 0 spiro atoms. The van der Waals surface area contributed by atoms with Crippen LogP contribution in [-0.4, -0.2) is 16.1 Å². The van der Waals surface area contributed by atoms with Crippen LogP contribution in [0.1, 0.15) is 13.8 Å². The molecule has 4 nitrogen and oxygen atoms in total. The Morgan fingerprint density at radius 1 is 1.21 bits per heavy atom. The van der Waals surface area contributed by atoms with Gasteiger partial charge >= 0.3 is 6.01 Å². The van der Waals surface area contributed by atoms with Gasteiger partial charge in [0.25, 0.3) is 0 Å². The second kappa shape index (κ2) is 5.84. The Balaban J connectivity index is 2.19. The number of ether oxygens (including phenoxy) is 1. The van der Waals surface area contributed by atoms with E-state index < -0.39 is 0 Å². The highest BCUT2D eigenvalue weighted by Crippen LogP contribution is 2.20. The molecule has 0 fully saturated rings. The van der Waals surface area contributed by atoms with Gasteiger partial charge in [0, 0.05) is 11.8 Å². The monoisotopic (exact) mass is 281 g/mol. The quantitative estimate of drug-likeness (QED) is 0.866. The lowest BCUT2D eigenvalue weighted by Gasteiger charge is -2.10. The minimum absolute atomic E-state index is 0.0443. The Labute approximate surface area is 115 Å². The van der Waals surface area contributed by atoms with E-state index in [0.29, 0.717) is 11.5 Å². The Hall–Kier alpha value is -1.88. The molecular weight excluding hydrogens is 269 g/mol. The lowest BCUT2D eigenvalue weighted by Crippen LogP contribution is -2.09. The van der Waals surface area contributed by atoms with Crippen LogP contribution in [0.5, 0.6) is 6.01 Å². The van der Waals surface area contributed by atoms with Crippen LogP contribution in [0, 0.1) is 5.82 Å². The number of halogens is 2. The summed E-state index contributed by atoms with van der Waals surface area (Å²) in [5, 5.41) is 3.28. The molecule has 0 aliphatic carbocycles. The summed E-state index contributed by atoms with van der Waals surface area (Å²) in [6, 6.07) is 7.70. The predicted molar refractivity (Wildman–Crippen MR) is 72.5 cm³/mol.